The molecule has 1 rings (SSSR count). The summed E-state index contributed by atoms with van der Waals surface area (Å²) in [7, 11) is 0. The Balaban J connectivity index is 2.51. The van der Waals surface area contributed by atoms with Crippen molar-refractivity contribution in [3.63, 3.8) is 0 Å². The predicted octanol–water partition coefficient (Wildman–Crippen LogP) is 1.86. The number of ether oxygens (including phenoxy) is 1. The molecule has 0 saturated carbocycles. The van der Waals surface area contributed by atoms with Gasteiger partial charge in [0.1, 0.15) is 5.75 Å². The summed E-state index contributed by atoms with van der Waals surface area (Å²) < 4.78 is 5.23. The molecule has 0 radical (unpaired) electrons. The zero-order valence-corrected chi connectivity index (χ0v) is 11.9. The molecule has 20 heavy (non-hydrogen) atoms. The highest BCUT2D eigenvalue weighted by Gasteiger charge is 2.11. The van der Waals surface area contributed by atoms with Crippen molar-refractivity contribution in [2.24, 2.45) is 5.73 Å². The van der Waals surface area contributed by atoms with Crippen molar-refractivity contribution in [2.75, 3.05) is 13.2 Å². The van der Waals surface area contributed by atoms with E-state index in [1.807, 2.05) is 0 Å². The monoisotopic (exact) mass is 278 g/mol. The van der Waals surface area contributed by atoms with Crippen molar-refractivity contribution in [2.45, 2.75) is 32.6 Å². The zero-order valence-electron chi connectivity index (χ0n) is 11.9. The highest BCUT2D eigenvalue weighted by molar-refractivity contribution is 5.97. The lowest BCUT2D eigenvalue weighted by atomic mass is 10.1. The van der Waals surface area contributed by atoms with E-state index in [2.05, 4.69) is 12.2 Å². The van der Waals surface area contributed by atoms with Gasteiger partial charge in [0.25, 0.3) is 11.8 Å². The number of hydrogen-bond donors (Lipinski definition) is 2. The van der Waals surface area contributed by atoms with E-state index in [-0.39, 0.29) is 12.5 Å². The molecule has 0 fully saturated rings. The molecule has 5 nitrogen and oxygen atoms in total. The predicted molar refractivity (Wildman–Crippen MR) is 77.6 cm³/mol. The van der Waals surface area contributed by atoms with Crippen LogP contribution in [-0.2, 0) is 4.79 Å². The number of primary amides is 1. The Morgan fingerprint density at radius 2 is 1.95 bits per heavy atom. The van der Waals surface area contributed by atoms with Crippen molar-refractivity contribution in [1.29, 1.82) is 0 Å². The Morgan fingerprint density at radius 1 is 1.20 bits per heavy atom. The maximum atomic E-state index is 12.0. The summed E-state index contributed by atoms with van der Waals surface area (Å²) in [5.41, 5.74) is 5.45. The summed E-state index contributed by atoms with van der Waals surface area (Å²) in [5.74, 6) is -0.390. The third-order valence-electron chi connectivity index (χ3n) is 2.82. The van der Waals surface area contributed by atoms with Gasteiger partial charge in [0.05, 0.1) is 5.56 Å². The fourth-order valence-corrected chi connectivity index (χ4v) is 1.78. The molecule has 0 unspecified atom stereocenters. The normalized spacial score (nSPS) is 10.1. The molecule has 3 N–H and O–H groups in total. The van der Waals surface area contributed by atoms with Gasteiger partial charge in [-0.3, -0.25) is 9.59 Å². The second-order valence-electron chi connectivity index (χ2n) is 4.57. The minimum atomic E-state index is -0.570. The SMILES string of the molecule is CCCCCCNC(=O)c1ccccc1OCC(N)=O. The number of nitrogens with two attached hydrogens (primary N) is 1. The molecule has 0 aromatic heterocycles. The Bertz CT molecular complexity index is 446. The van der Waals surface area contributed by atoms with Crippen LogP contribution in [0.1, 0.15) is 43.0 Å². The van der Waals surface area contributed by atoms with E-state index in [9.17, 15) is 9.59 Å². The van der Waals surface area contributed by atoms with Crippen LogP contribution in [0.5, 0.6) is 5.75 Å². The van der Waals surface area contributed by atoms with E-state index >= 15 is 0 Å². The number of carbonyl (C=O) groups is 2. The first-order valence-electron chi connectivity index (χ1n) is 6.93. The number of unbranched alkanes of at least 4 members (excludes halogenated alkanes) is 3. The number of amides is 2. The maximum Gasteiger partial charge on any atom is 0.255 e. The third-order valence-corrected chi connectivity index (χ3v) is 2.82. The molecule has 0 atom stereocenters. The summed E-state index contributed by atoms with van der Waals surface area (Å²) >= 11 is 0. The summed E-state index contributed by atoms with van der Waals surface area (Å²) in [6.45, 7) is 2.55. The molecular formula is C15H22N2O3. The molecule has 0 heterocycles. The van der Waals surface area contributed by atoms with Crippen molar-refractivity contribution in [3.8, 4) is 5.75 Å². The number of hydrogen-bond acceptors (Lipinski definition) is 3. The molecule has 2 amide bonds. The number of benzene rings is 1. The smallest absolute Gasteiger partial charge is 0.255 e. The quantitative estimate of drug-likeness (QED) is 0.676. The fourth-order valence-electron chi connectivity index (χ4n) is 1.78. The average Bonchev–Trinajstić information content (AvgIpc) is 2.45. The van der Waals surface area contributed by atoms with E-state index in [4.69, 9.17) is 10.5 Å². The van der Waals surface area contributed by atoms with Crippen LogP contribution in [0.25, 0.3) is 0 Å². The molecule has 0 aliphatic rings. The molecule has 0 spiro atoms. The Kier molecular flexibility index (Phi) is 7.17. The molecule has 1 aromatic rings. The van der Waals surface area contributed by atoms with Crippen LogP contribution in [0.2, 0.25) is 0 Å². The molecule has 5 heteroatoms. The Hall–Kier alpha value is -2.04. The van der Waals surface area contributed by atoms with Gasteiger partial charge in [-0.05, 0) is 18.6 Å². The van der Waals surface area contributed by atoms with E-state index in [1.165, 1.54) is 6.42 Å². The molecule has 1 aromatic carbocycles. The summed E-state index contributed by atoms with van der Waals surface area (Å²) in [5, 5.41) is 2.85. The van der Waals surface area contributed by atoms with Crippen LogP contribution in [0.3, 0.4) is 0 Å². The molecule has 0 aliphatic heterocycles. The highest BCUT2D eigenvalue weighted by atomic mass is 16.5. The summed E-state index contributed by atoms with van der Waals surface area (Å²) in [6.07, 6.45) is 4.41. The van der Waals surface area contributed by atoms with Gasteiger partial charge in [-0.2, -0.15) is 0 Å². The number of nitrogens with one attached hydrogen (secondary N) is 1. The topological polar surface area (TPSA) is 81.4 Å². The lowest BCUT2D eigenvalue weighted by Gasteiger charge is -2.10. The van der Waals surface area contributed by atoms with Crippen LogP contribution >= 0.6 is 0 Å². The lowest BCUT2D eigenvalue weighted by molar-refractivity contribution is -0.119. The standard InChI is InChI=1S/C15H22N2O3/c1-2-3-4-7-10-17-15(19)12-8-5-6-9-13(12)20-11-14(16)18/h5-6,8-9H,2-4,7,10-11H2,1H3,(H2,16,18)(H,17,19). The summed E-state index contributed by atoms with van der Waals surface area (Å²) in [6, 6.07) is 6.81. The Morgan fingerprint density at radius 3 is 2.65 bits per heavy atom. The molecule has 110 valence electrons. The lowest BCUT2D eigenvalue weighted by Crippen LogP contribution is -2.26. The van der Waals surface area contributed by atoms with Gasteiger partial charge in [-0.25, -0.2) is 0 Å². The highest BCUT2D eigenvalue weighted by Crippen LogP contribution is 2.17. The first-order chi connectivity index (χ1) is 9.65. The molecular weight excluding hydrogens is 256 g/mol. The van der Waals surface area contributed by atoms with E-state index in [0.717, 1.165) is 19.3 Å². The minimum absolute atomic E-state index is 0.193. The minimum Gasteiger partial charge on any atom is -0.483 e. The molecule has 0 aliphatic carbocycles. The van der Waals surface area contributed by atoms with Gasteiger partial charge >= 0.3 is 0 Å². The van der Waals surface area contributed by atoms with Crippen LogP contribution in [-0.4, -0.2) is 25.0 Å². The van der Waals surface area contributed by atoms with Gasteiger partial charge in [-0.15, -0.1) is 0 Å². The van der Waals surface area contributed by atoms with Crippen molar-refractivity contribution in [3.05, 3.63) is 29.8 Å². The van der Waals surface area contributed by atoms with Crippen LogP contribution in [0, 0.1) is 0 Å². The van der Waals surface area contributed by atoms with Crippen LogP contribution in [0.15, 0.2) is 24.3 Å². The van der Waals surface area contributed by atoms with Crippen molar-refractivity contribution >= 4 is 11.8 Å². The molecule has 0 bridgehead atoms. The van der Waals surface area contributed by atoms with Crippen molar-refractivity contribution in [1.82, 2.24) is 5.32 Å². The van der Waals surface area contributed by atoms with Gasteiger partial charge in [0.2, 0.25) is 0 Å². The second kappa shape index (κ2) is 8.96. The summed E-state index contributed by atoms with van der Waals surface area (Å²) in [4.78, 5) is 22.8. The van der Waals surface area contributed by atoms with Gasteiger partial charge in [0, 0.05) is 6.54 Å². The first-order valence-corrected chi connectivity index (χ1v) is 6.93. The van der Waals surface area contributed by atoms with E-state index < -0.39 is 5.91 Å². The van der Waals surface area contributed by atoms with Crippen LogP contribution < -0.4 is 15.8 Å². The van der Waals surface area contributed by atoms with Gasteiger partial charge in [-0.1, -0.05) is 38.3 Å². The van der Waals surface area contributed by atoms with Gasteiger partial charge < -0.3 is 15.8 Å². The third kappa shape index (κ3) is 5.73. The fraction of sp³-hybridized carbons (Fsp3) is 0.467. The molecule has 0 saturated heterocycles. The van der Waals surface area contributed by atoms with E-state index in [1.54, 1.807) is 24.3 Å². The maximum absolute atomic E-state index is 12.0. The number of rotatable bonds is 9. The Labute approximate surface area is 119 Å². The largest absolute Gasteiger partial charge is 0.483 e. The van der Waals surface area contributed by atoms with Crippen molar-refractivity contribution < 1.29 is 14.3 Å². The van der Waals surface area contributed by atoms with E-state index in [0.29, 0.717) is 17.9 Å². The zero-order chi connectivity index (χ0) is 14.8. The number of para-hydroxylation sites is 1. The van der Waals surface area contributed by atoms with Crippen LogP contribution in [0.4, 0.5) is 0 Å². The first kappa shape index (κ1) is 16.0. The number of carbonyl (C=O) groups excluding carboxylic acids is 2. The van der Waals surface area contributed by atoms with Gasteiger partial charge in [0.15, 0.2) is 6.61 Å². The average molecular weight is 278 g/mol. The second-order valence-corrected chi connectivity index (χ2v) is 4.57.